The molecule has 0 saturated carbocycles. The lowest BCUT2D eigenvalue weighted by molar-refractivity contribution is -0.117. The van der Waals surface area contributed by atoms with Crippen molar-refractivity contribution in [3.8, 4) is 5.75 Å². The van der Waals surface area contributed by atoms with Gasteiger partial charge in [0.1, 0.15) is 11.6 Å². The molecule has 0 radical (unpaired) electrons. The summed E-state index contributed by atoms with van der Waals surface area (Å²) in [5.74, 6) is 1.01. The molecule has 0 atom stereocenters. The van der Waals surface area contributed by atoms with Crippen LogP contribution in [0.4, 0.5) is 10.5 Å². The van der Waals surface area contributed by atoms with Crippen LogP contribution in [0, 0.1) is 0 Å². The molecular formula is C17H17N5O3S2. The SMILES string of the molecule is COc1ccc(NC(=O)NC(=O)CSc2n[nH]c(Cc3cccs3)n2)cc1. The number of amides is 3. The van der Waals surface area contributed by atoms with Gasteiger partial charge in [-0.25, -0.2) is 9.78 Å². The van der Waals surface area contributed by atoms with Gasteiger partial charge in [-0.3, -0.25) is 15.2 Å². The summed E-state index contributed by atoms with van der Waals surface area (Å²) in [6.45, 7) is 0. The summed E-state index contributed by atoms with van der Waals surface area (Å²) in [7, 11) is 1.56. The first kappa shape index (κ1) is 18.9. The Hall–Kier alpha value is -2.85. The van der Waals surface area contributed by atoms with Gasteiger partial charge in [0, 0.05) is 17.0 Å². The largest absolute Gasteiger partial charge is 0.497 e. The minimum absolute atomic E-state index is 0.0341. The van der Waals surface area contributed by atoms with E-state index in [4.69, 9.17) is 4.74 Å². The number of benzene rings is 1. The van der Waals surface area contributed by atoms with E-state index in [-0.39, 0.29) is 5.75 Å². The third kappa shape index (κ3) is 5.83. The summed E-state index contributed by atoms with van der Waals surface area (Å²) >= 11 is 2.80. The summed E-state index contributed by atoms with van der Waals surface area (Å²) < 4.78 is 5.04. The van der Waals surface area contributed by atoms with E-state index < -0.39 is 11.9 Å². The first-order chi connectivity index (χ1) is 13.1. The zero-order chi connectivity index (χ0) is 19.1. The fourth-order valence-electron chi connectivity index (χ4n) is 2.13. The number of anilines is 1. The van der Waals surface area contributed by atoms with E-state index in [1.54, 1.807) is 42.7 Å². The van der Waals surface area contributed by atoms with Crippen molar-refractivity contribution in [2.24, 2.45) is 0 Å². The molecule has 0 aliphatic carbocycles. The van der Waals surface area contributed by atoms with Gasteiger partial charge in [0.2, 0.25) is 11.1 Å². The van der Waals surface area contributed by atoms with Crippen LogP contribution in [0.5, 0.6) is 5.75 Å². The maximum Gasteiger partial charge on any atom is 0.325 e. The Morgan fingerprint density at radius 1 is 1.26 bits per heavy atom. The highest BCUT2D eigenvalue weighted by atomic mass is 32.2. The number of imide groups is 1. The highest BCUT2D eigenvalue weighted by Crippen LogP contribution is 2.16. The number of nitrogens with one attached hydrogen (secondary N) is 3. The first-order valence-corrected chi connectivity index (χ1v) is 9.80. The second-order valence-corrected chi connectivity index (χ2v) is 7.32. The van der Waals surface area contributed by atoms with Crippen LogP contribution in [0.1, 0.15) is 10.7 Å². The van der Waals surface area contributed by atoms with Crippen molar-refractivity contribution in [2.75, 3.05) is 18.2 Å². The molecule has 0 spiro atoms. The molecule has 8 nitrogen and oxygen atoms in total. The van der Waals surface area contributed by atoms with E-state index >= 15 is 0 Å². The number of ether oxygens (including phenoxy) is 1. The van der Waals surface area contributed by atoms with Crippen LogP contribution in [-0.2, 0) is 11.2 Å². The lowest BCUT2D eigenvalue weighted by Crippen LogP contribution is -2.35. The first-order valence-electron chi connectivity index (χ1n) is 7.94. The summed E-state index contributed by atoms with van der Waals surface area (Å²) in [5.41, 5.74) is 0.556. The second kappa shape index (κ2) is 9.19. The Labute approximate surface area is 163 Å². The van der Waals surface area contributed by atoms with Crippen LogP contribution in [0.2, 0.25) is 0 Å². The monoisotopic (exact) mass is 403 g/mol. The molecule has 27 heavy (non-hydrogen) atoms. The molecule has 2 aromatic heterocycles. The number of methoxy groups -OCH3 is 1. The molecule has 0 bridgehead atoms. The Balaban J connectivity index is 1.42. The van der Waals surface area contributed by atoms with Crippen molar-refractivity contribution >= 4 is 40.7 Å². The summed E-state index contributed by atoms with van der Waals surface area (Å²) in [5, 5.41) is 14.2. The van der Waals surface area contributed by atoms with E-state index in [9.17, 15) is 9.59 Å². The van der Waals surface area contributed by atoms with Crippen LogP contribution in [0.15, 0.2) is 46.9 Å². The highest BCUT2D eigenvalue weighted by molar-refractivity contribution is 7.99. The van der Waals surface area contributed by atoms with Gasteiger partial charge in [0.05, 0.1) is 12.9 Å². The van der Waals surface area contributed by atoms with Crippen molar-refractivity contribution in [2.45, 2.75) is 11.6 Å². The molecule has 3 N–H and O–H groups in total. The van der Waals surface area contributed by atoms with Gasteiger partial charge >= 0.3 is 6.03 Å². The van der Waals surface area contributed by atoms with Crippen LogP contribution in [-0.4, -0.2) is 40.0 Å². The third-order valence-corrected chi connectivity index (χ3v) is 5.09. The average Bonchev–Trinajstić information content (AvgIpc) is 3.33. The van der Waals surface area contributed by atoms with E-state index in [1.165, 1.54) is 4.88 Å². The van der Waals surface area contributed by atoms with Crippen LogP contribution in [0.3, 0.4) is 0 Å². The number of aromatic nitrogens is 3. The van der Waals surface area contributed by atoms with E-state index in [0.717, 1.165) is 17.6 Å². The number of hydrogen-bond acceptors (Lipinski definition) is 7. The molecule has 0 aliphatic heterocycles. The van der Waals surface area contributed by atoms with E-state index in [2.05, 4.69) is 25.8 Å². The summed E-state index contributed by atoms with van der Waals surface area (Å²) in [6, 6.07) is 10.2. The number of urea groups is 1. The maximum atomic E-state index is 11.9. The highest BCUT2D eigenvalue weighted by Gasteiger charge is 2.11. The number of carbonyl (C=O) groups is 2. The van der Waals surface area contributed by atoms with Crippen molar-refractivity contribution < 1.29 is 14.3 Å². The Bertz CT molecular complexity index is 894. The normalized spacial score (nSPS) is 10.4. The molecule has 0 fully saturated rings. The molecule has 1 aromatic carbocycles. The number of thioether (sulfide) groups is 1. The fraction of sp³-hybridized carbons (Fsp3) is 0.176. The number of thiophene rings is 1. The number of nitrogens with zero attached hydrogens (tertiary/aromatic N) is 2. The van der Waals surface area contributed by atoms with Crippen molar-refractivity contribution in [3.63, 3.8) is 0 Å². The minimum Gasteiger partial charge on any atom is -0.497 e. The number of rotatable bonds is 7. The van der Waals surface area contributed by atoms with Gasteiger partial charge in [-0.15, -0.1) is 16.4 Å². The topological polar surface area (TPSA) is 109 Å². The molecule has 0 aliphatic rings. The fourth-order valence-corrected chi connectivity index (χ4v) is 3.46. The van der Waals surface area contributed by atoms with E-state index in [0.29, 0.717) is 23.0 Å². The molecule has 0 unspecified atom stereocenters. The van der Waals surface area contributed by atoms with Gasteiger partial charge in [-0.1, -0.05) is 17.8 Å². The van der Waals surface area contributed by atoms with Crippen molar-refractivity contribution in [1.82, 2.24) is 20.5 Å². The number of H-pyrrole nitrogens is 1. The standard InChI is InChI=1S/C17H17N5O3S2/c1-25-12-6-4-11(5-7-12)18-16(24)20-15(23)10-27-17-19-14(21-22-17)9-13-3-2-8-26-13/h2-8H,9-10H2,1H3,(H,19,21,22)(H2,18,20,23,24). The molecule has 10 heteroatoms. The number of hydrogen-bond donors (Lipinski definition) is 3. The van der Waals surface area contributed by atoms with Gasteiger partial charge in [-0.2, -0.15) is 0 Å². The van der Waals surface area contributed by atoms with Crippen molar-refractivity contribution in [3.05, 3.63) is 52.5 Å². The lowest BCUT2D eigenvalue weighted by Gasteiger charge is -2.07. The smallest absolute Gasteiger partial charge is 0.325 e. The molecular weight excluding hydrogens is 386 g/mol. The quantitative estimate of drug-likeness (QED) is 0.524. The summed E-state index contributed by atoms with van der Waals surface area (Å²) in [4.78, 5) is 29.3. The zero-order valence-electron chi connectivity index (χ0n) is 14.4. The zero-order valence-corrected chi connectivity index (χ0v) is 16.0. The van der Waals surface area contributed by atoms with Gasteiger partial charge in [0.15, 0.2) is 0 Å². The van der Waals surface area contributed by atoms with Gasteiger partial charge < -0.3 is 10.1 Å². The Kier molecular flexibility index (Phi) is 6.44. The molecule has 3 aromatic rings. The third-order valence-electron chi connectivity index (χ3n) is 3.37. The van der Waals surface area contributed by atoms with Crippen LogP contribution < -0.4 is 15.4 Å². The van der Waals surface area contributed by atoms with Crippen LogP contribution in [0.25, 0.3) is 0 Å². The number of carbonyl (C=O) groups excluding carboxylic acids is 2. The molecule has 3 amide bonds. The Morgan fingerprint density at radius 3 is 2.78 bits per heavy atom. The van der Waals surface area contributed by atoms with Crippen molar-refractivity contribution in [1.29, 1.82) is 0 Å². The predicted octanol–water partition coefficient (Wildman–Crippen LogP) is 2.91. The summed E-state index contributed by atoms with van der Waals surface area (Å²) in [6.07, 6.45) is 0.668. The Morgan fingerprint density at radius 2 is 2.07 bits per heavy atom. The molecule has 0 saturated heterocycles. The van der Waals surface area contributed by atoms with E-state index in [1.807, 2.05) is 17.5 Å². The second-order valence-electron chi connectivity index (χ2n) is 5.34. The maximum absolute atomic E-state index is 11.9. The minimum atomic E-state index is -0.598. The van der Waals surface area contributed by atoms with Gasteiger partial charge in [-0.05, 0) is 35.7 Å². The molecule has 2 heterocycles. The van der Waals surface area contributed by atoms with Crippen LogP contribution >= 0.6 is 23.1 Å². The lowest BCUT2D eigenvalue weighted by atomic mass is 10.3. The molecule has 140 valence electrons. The predicted molar refractivity (Wildman–Crippen MR) is 104 cm³/mol. The number of aromatic amines is 1. The molecule has 3 rings (SSSR count). The van der Waals surface area contributed by atoms with Gasteiger partial charge in [0.25, 0.3) is 0 Å². The average molecular weight is 403 g/mol.